The van der Waals surface area contributed by atoms with Crippen molar-refractivity contribution in [1.29, 1.82) is 5.26 Å². The molecular formula is C23H17F6N3O3. The van der Waals surface area contributed by atoms with Gasteiger partial charge in [0.25, 0.3) is 11.5 Å². The van der Waals surface area contributed by atoms with Gasteiger partial charge in [0.1, 0.15) is 0 Å². The minimum absolute atomic E-state index is 0.0977. The highest BCUT2D eigenvalue weighted by molar-refractivity contribution is 6.05. The third-order valence-electron chi connectivity index (χ3n) is 5.18. The molecule has 1 heterocycles. The van der Waals surface area contributed by atoms with Gasteiger partial charge in [0.15, 0.2) is 0 Å². The van der Waals surface area contributed by atoms with Crippen LogP contribution in [-0.2, 0) is 5.60 Å². The van der Waals surface area contributed by atoms with Crippen LogP contribution in [0, 0.1) is 11.3 Å². The Bertz CT molecular complexity index is 1240. The second-order valence-corrected chi connectivity index (χ2v) is 7.85. The van der Waals surface area contributed by atoms with Crippen molar-refractivity contribution < 1.29 is 40.8 Å². The summed E-state index contributed by atoms with van der Waals surface area (Å²) in [6.45, 7) is 3.43. The molecule has 0 atom stereocenters. The Balaban J connectivity index is 2.02. The SMILES string of the molecule is CC(C)c1noc(NC(=O)c2ccc(C#N)cc2)c1-c1ccc(C(O)(C(F)(F)F)C(F)(F)F)cc1. The van der Waals surface area contributed by atoms with E-state index < -0.39 is 29.4 Å². The number of aromatic nitrogens is 1. The minimum atomic E-state index is -6.02. The van der Waals surface area contributed by atoms with Crippen LogP contribution in [0.15, 0.2) is 53.1 Å². The Kier molecular flexibility index (Phi) is 6.68. The predicted molar refractivity (Wildman–Crippen MR) is 111 cm³/mol. The highest BCUT2D eigenvalue weighted by Crippen LogP contribution is 2.50. The van der Waals surface area contributed by atoms with Crippen LogP contribution in [0.1, 0.15) is 46.9 Å². The summed E-state index contributed by atoms with van der Waals surface area (Å²) >= 11 is 0. The fourth-order valence-corrected chi connectivity index (χ4v) is 3.30. The number of hydrogen-bond donors (Lipinski definition) is 2. The molecule has 0 aliphatic carbocycles. The van der Waals surface area contributed by atoms with Crippen LogP contribution in [-0.4, -0.2) is 28.5 Å². The molecule has 35 heavy (non-hydrogen) atoms. The molecule has 1 aromatic heterocycles. The van der Waals surface area contributed by atoms with E-state index in [1.54, 1.807) is 13.8 Å². The van der Waals surface area contributed by atoms with E-state index in [2.05, 4.69) is 10.5 Å². The monoisotopic (exact) mass is 497 g/mol. The molecule has 6 nitrogen and oxygen atoms in total. The average Bonchev–Trinajstić information content (AvgIpc) is 3.21. The quantitative estimate of drug-likeness (QED) is 0.428. The van der Waals surface area contributed by atoms with E-state index in [1.807, 2.05) is 6.07 Å². The summed E-state index contributed by atoms with van der Waals surface area (Å²) in [5.41, 5.74) is -5.48. The fraction of sp³-hybridized carbons (Fsp3) is 0.261. The lowest BCUT2D eigenvalue weighted by Crippen LogP contribution is -2.53. The van der Waals surface area contributed by atoms with Gasteiger partial charge in [-0.2, -0.15) is 31.6 Å². The van der Waals surface area contributed by atoms with Gasteiger partial charge in [-0.3, -0.25) is 10.1 Å². The Morgan fingerprint density at radius 3 is 2.00 bits per heavy atom. The third-order valence-corrected chi connectivity index (χ3v) is 5.18. The number of carbonyl (C=O) groups is 1. The molecule has 0 saturated carbocycles. The molecule has 1 amide bonds. The first-order valence-electron chi connectivity index (χ1n) is 9.98. The van der Waals surface area contributed by atoms with E-state index in [0.717, 1.165) is 12.1 Å². The number of benzene rings is 2. The van der Waals surface area contributed by atoms with E-state index in [1.165, 1.54) is 24.3 Å². The molecule has 12 heteroatoms. The van der Waals surface area contributed by atoms with Crippen LogP contribution in [0.5, 0.6) is 0 Å². The maximum absolute atomic E-state index is 13.2. The van der Waals surface area contributed by atoms with Crippen LogP contribution in [0.3, 0.4) is 0 Å². The van der Waals surface area contributed by atoms with Crippen LogP contribution in [0.2, 0.25) is 0 Å². The van der Waals surface area contributed by atoms with E-state index in [9.17, 15) is 36.2 Å². The molecule has 0 aliphatic rings. The number of halogens is 6. The summed E-state index contributed by atoms with van der Waals surface area (Å²) in [5, 5.41) is 24.8. The standard InChI is InChI=1S/C23H17F6N3O3/c1-12(2)18-17(20(35-32-18)31-19(33)15-5-3-13(11-30)4-6-15)14-7-9-16(10-8-14)21(34,22(24,25)26)23(27,28)29/h3-10,12,34H,1-2H3,(H,31,33). The molecule has 184 valence electrons. The maximum Gasteiger partial charge on any atom is 0.430 e. The van der Waals surface area contributed by atoms with Crippen molar-refractivity contribution in [2.75, 3.05) is 5.32 Å². The summed E-state index contributed by atoms with van der Waals surface area (Å²) in [5.74, 6) is -1.13. The molecule has 2 aromatic carbocycles. The van der Waals surface area contributed by atoms with Crippen molar-refractivity contribution in [3.05, 3.63) is 70.9 Å². The third kappa shape index (κ3) is 4.72. The number of hydrogen-bond acceptors (Lipinski definition) is 5. The van der Waals surface area contributed by atoms with Crippen LogP contribution in [0.25, 0.3) is 11.1 Å². The number of amides is 1. The number of carbonyl (C=O) groups excluding carboxylic acids is 1. The topological polar surface area (TPSA) is 99.2 Å². The lowest BCUT2D eigenvalue weighted by atomic mass is 9.90. The highest BCUT2D eigenvalue weighted by Gasteiger charge is 2.71. The number of nitrogens with one attached hydrogen (secondary N) is 1. The first-order valence-corrected chi connectivity index (χ1v) is 9.98. The van der Waals surface area contributed by atoms with Crippen LogP contribution in [0.4, 0.5) is 32.2 Å². The van der Waals surface area contributed by atoms with Gasteiger partial charge in [-0.25, -0.2) is 0 Å². The van der Waals surface area contributed by atoms with Crippen molar-refractivity contribution in [2.45, 2.75) is 37.7 Å². The number of rotatable bonds is 5. The molecule has 0 fully saturated rings. The van der Waals surface area contributed by atoms with Crippen molar-refractivity contribution in [3.8, 4) is 17.2 Å². The molecule has 2 N–H and O–H groups in total. The van der Waals surface area contributed by atoms with Gasteiger partial charge in [-0.05, 0) is 35.7 Å². The summed E-state index contributed by atoms with van der Waals surface area (Å²) in [6.07, 6.45) is -12.0. The second kappa shape index (κ2) is 9.07. The van der Waals surface area contributed by atoms with Gasteiger partial charge >= 0.3 is 12.4 Å². The molecule has 0 radical (unpaired) electrons. The van der Waals surface area contributed by atoms with Gasteiger partial charge in [0.05, 0.1) is 22.9 Å². The van der Waals surface area contributed by atoms with Gasteiger partial charge in [-0.15, -0.1) is 0 Å². The lowest BCUT2D eigenvalue weighted by molar-refractivity contribution is -0.376. The summed E-state index contributed by atoms with van der Waals surface area (Å²) in [7, 11) is 0. The first kappa shape index (κ1) is 25.8. The number of aliphatic hydroxyl groups is 1. The zero-order chi connectivity index (χ0) is 26.2. The van der Waals surface area contributed by atoms with E-state index in [-0.39, 0.29) is 34.2 Å². The first-order chi connectivity index (χ1) is 16.2. The zero-order valence-corrected chi connectivity index (χ0v) is 18.1. The minimum Gasteiger partial charge on any atom is -0.369 e. The highest BCUT2D eigenvalue weighted by atomic mass is 19.4. The fourth-order valence-electron chi connectivity index (χ4n) is 3.30. The molecule has 3 rings (SSSR count). The zero-order valence-electron chi connectivity index (χ0n) is 18.1. The Morgan fingerprint density at radius 1 is 1.00 bits per heavy atom. The second-order valence-electron chi connectivity index (χ2n) is 7.85. The van der Waals surface area contributed by atoms with Crippen molar-refractivity contribution >= 4 is 11.8 Å². The Hall–Kier alpha value is -3.85. The van der Waals surface area contributed by atoms with Crippen LogP contribution < -0.4 is 5.32 Å². The van der Waals surface area contributed by atoms with Crippen molar-refractivity contribution in [2.24, 2.45) is 0 Å². The van der Waals surface area contributed by atoms with E-state index >= 15 is 0 Å². The Morgan fingerprint density at radius 2 is 1.54 bits per heavy atom. The van der Waals surface area contributed by atoms with Crippen molar-refractivity contribution in [1.82, 2.24) is 5.16 Å². The predicted octanol–water partition coefficient (Wildman–Crippen LogP) is 5.90. The van der Waals surface area contributed by atoms with Gasteiger partial charge in [0.2, 0.25) is 5.88 Å². The number of nitrogens with zero attached hydrogens (tertiary/aromatic N) is 2. The van der Waals surface area contributed by atoms with Gasteiger partial charge in [0, 0.05) is 11.1 Å². The normalized spacial score (nSPS) is 12.5. The van der Waals surface area contributed by atoms with Crippen LogP contribution >= 0.6 is 0 Å². The summed E-state index contributed by atoms with van der Waals surface area (Å²) in [6, 6.07) is 10.4. The molecule has 0 saturated heterocycles. The van der Waals surface area contributed by atoms with Gasteiger partial charge in [-0.1, -0.05) is 43.3 Å². The maximum atomic E-state index is 13.2. The molecule has 0 unspecified atom stereocenters. The summed E-state index contributed by atoms with van der Waals surface area (Å²) < 4.78 is 84.3. The van der Waals surface area contributed by atoms with E-state index in [4.69, 9.17) is 9.78 Å². The molecular weight excluding hydrogens is 480 g/mol. The van der Waals surface area contributed by atoms with E-state index in [0.29, 0.717) is 17.7 Å². The smallest absolute Gasteiger partial charge is 0.369 e. The summed E-state index contributed by atoms with van der Waals surface area (Å²) in [4.78, 5) is 12.6. The number of nitriles is 1. The van der Waals surface area contributed by atoms with Crippen molar-refractivity contribution in [3.63, 3.8) is 0 Å². The average molecular weight is 497 g/mol. The molecule has 0 aliphatic heterocycles. The van der Waals surface area contributed by atoms with Gasteiger partial charge < -0.3 is 9.63 Å². The molecule has 0 bridgehead atoms. The largest absolute Gasteiger partial charge is 0.430 e. The number of alkyl halides is 6. The molecule has 0 spiro atoms. The number of anilines is 1. The Labute approximate surface area is 194 Å². The molecule has 3 aromatic rings. The lowest BCUT2D eigenvalue weighted by Gasteiger charge is -2.32.